The maximum atomic E-state index is 12.7. The fourth-order valence-corrected chi connectivity index (χ4v) is 4.44. The first kappa shape index (κ1) is 18.1. The summed E-state index contributed by atoms with van der Waals surface area (Å²) in [5, 5.41) is 0. The van der Waals surface area contributed by atoms with Gasteiger partial charge in [-0.25, -0.2) is 0 Å². The Bertz CT molecular complexity index is 787. The van der Waals surface area contributed by atoms with E-state index >= 15 is 0 Å². The minimum Gasteiger partial charge on any atom is -0.369 e. The standard InChI is InChI=1S/C22H27N3O2/c1-16-4-3-5-17(14-16)15-24-12-8-19(9-13-24)25-20(21(27-2)22(25)26)18-6-10-23-11-7-18/h3-7,10-11,14,19-21H,8-9,12-13,15H2,1-2H3/t20-,21+/m0/s1. The molecule has 5 nitrogen and oxygen atoms in total. The SMILES string of the molecule is CO[C@H]1C(=O)N(C2CCN(Cc3cccc(C)c3)CC2)[C@H]1c1ccncc1. The fourth-order valence-electron chi connectivity index (χ4n) is 4.44. The summed E-state index contributed by atoms with van der Waals surface area (Å²) in [7, 11) is 1.62. The molecule has 2 atom stereocenters. The zero-order chi connectivity index (χ0) is 18.8. The van der Waals surface area contributed by atoms with Crippen LogP contribution in [0.25, 0.3) is 0 Å². The molecule has 0 bridgehead atoms. The number of aromatic nitrogens is 1. The number of rotatable bonds is 5. The molecule has 3 heterocycles. The number of hydrogen-bond donors (Lipinski definition) is 0. The van der Waals surface area contributed by atoms with Gasteiger partial charge in [0, 0.05) is 45.2 Å². The number of pyridine rings is 1. The number of piperidine rings is 1. The topological polar surface area (TPSA) is 45.7 Å². The minimum atomic E-state index is -0.363. The first-order chi connectivity index (χ1) is 13.2. The number of ether oxygens (including phenoxy) is 1. The van der Waals surface area contributed by atoms with Gasteiger partial charge in [0.15, 0.2) is 6.10 Å². The van der Waals surface area contributed by atoms with Gasteiger partial charge in [0.25, 0.3) is 5.91 Å². The number of benzene rings is 1. The molecule has 2 fully saturated rings. The number of methoxy groups -OCH3 is 1. The van der Waals surface area contributed by atoms with Crippen LogP contribution in [0.1, 0.15) is 35.6 Å². The summed E-state index contributed by atoms with van der Waals surface area (Å²) in [5.41, 5.74) is 3.78. The number of amides is 1. The summed E-state index contributed by atoms with van der Waals surface area (Å²) in [4.78, 5) is 21.3. The molecule has 0 unspecified atom stereocenters. The summed E-state index contributed by atoms with van der Waals surface area (Å²) < 4.78 is 5.48. The van der Waals surface area contributed by atoms with Gasteiger partial charge in [0.05, 0.1) is 6.04 Å². The first-order valence-electron chi connectivity index (χ1n) is 9.70. The van der Waals surface area contributed by atoms with Crippen LogP contribution in [-0.2, 0) is 16.1 Å². The number of likely N-dealkylation sites (tertiary alicyclic amines) is 2. The third-order valence-corrected chi connectivity index (χ3v) is 5.83. The first-order valence-corrected chi connectivity index (χ1v) is 9.70. The lowest BCUT2D eigenvalue weighted by molar-refractivity contribution is -0.178. The molecule has 2 aromatic rings. The highest BCUT2D eigenvalue weighted by atomic mass is 16.5. The molecule has 5 heteroatoms. The predicted molar refractivity (Wildman–Crippen MR) is 104 cm³/mol. The van der Waals surface area contributed by atoms with E-state index in [1.54, 1.807) is 19.5 Å². The normalized spacial score (nSPS) is 24.1. The Labute approximate surface area is 161 Å². The van der Waals surface area contributed by atoms with Crippen LogP contribution >= 0.6 is 0 Å². The number of nitrogens with zero attached hydrogens (tertiary/aromatic N) is 3. The van der Waals surface area contributed by atoms with Gasteiger partial charge in [-0.05, 0) is 43.0 Å². The minimum absolute atomic E-state index is 0.0128. The number of carbonyl (C=O) groups excluding carboxylic acids is 1. The van der Waals surface area contributed by atoms with E-state index in [0.717, 1.165) is 38.0 Å². The smallest absolute Gasteiger partial charge is 0.255 e. The van der Waals surface area contributed by atoms with Crippen LogP contribution in [0.15, 0.2) is 48.8 Å². The van der Waals surface area contributed by atoms with Crippen LogP contribution in [0.5, 0.6) is 0 Å². The van der Waals surface area contributed by atoms with Gasteiger partial charge in [-0.2, -0.15) is 0 Å². The van der Waals surface area contributed by atoms with Crippen molar-refractivity contribution in [2.75, 3.05) is 20.2 Å². The Morgan fingerprint density at radius 1 is 1.15 bits per heavy atom. The van der Waals surface area contributed by atoms with Gasteiger partial charge in [-0.3, -0.25) is 14.7 Å². The molecule has 1 aromatic carbocycles. The van der Waals surface area contributed by atoms with Crippen molar-refractivity contribution >= 4 is 5.91 Å². The van der Waals surface area contributed by atoms with Crippen molar-refractivity contribution in [3.05, 3.63) is 65.5 Å². The Morgan fingerprint density at radius 2 is 1.89 bits per heavy atom. The molecule has 0 saturated carbocycles. The van der Waals surface area contributed by atoms with Crippen LogP contribution in [0, 0.1) is 6.92 Å². The monoisotopic (exact) mass is 365 g/mol. The van der Waals surface area contributed by atoms with Gasteiger partial charge < -0.3 is 9.64 Å². The van der Waals surface area contributed by atoms with E-state index in [0.29, 0.717) is 0 Å². The Kier molecular flexibility index (Phi) is 5.23. The molecule has 0 N–H and O–H groups in total. The molecule has 1 amide bonds. The summed E-state index contributed by atoms with van der Waals surface area (Å²) >= 11 is 0. The fraction of sp³-hybridized carbons (Fsp3) is 0.455. The Balaban J connectivity index is 1.40. The maximum Gasteiger partial charge on any atom is 0.255 e. The van der Waals surface area contributed by atoms with E-state index in [2.05, 4.69) is 41.1 Å². The molecular formula is C22H27N3O2. The third kappa shape index (κ3) is 3.62. The maximum absolute atomic E-state index is 12.7. The predicted octanol–water partition coefficient (Wildman–Crippen LogP) is 2.95. The van der Waals surface area contributed by atoms with Crippen molar-refractivity contribution in [2.24, 2.45) is 0 Å². The number of aryl methyl sites for hydroxylation is 1. The molecule has 27 heavy (non-hydrogen) atoms. The van der Waals surface area contributed by atoms with Gasteiger partial charge in [0.2, 0.25) is 0 Å². The Hall–Kier alpha value is -2.24. The van der Waals surface area contributed by atoms with E-state index in [-0.39, 0.29) is 24.1 Å². The lowest BCUT2D eigenvalue weighted by Gasteiger charge is -2.52. The second-order valence-corrected chi connectivity index (χ2v) is 7.62. The highest BCUT2D eigenvalue weighted by Gasteiger charge is 2.51. The largest absolute Gasteiger partial charge is 0.369 e. The molecule has 0 radical (unpaired) electrons. The third-order valence-electron chi connectivity index (χ3n) is 5.83. The molecule has 0 aliphatic carbocycles. The number of β-lactam (4-membered cyclic amide) rings is 1. The van der Waals surface area contributed by atoms with Crippen molar-refractivity contribution < 1.29 is 9.53 Å². The van der Waals surface area contributed by atoms with Crippen molar-refractivity contribution in [1.29, 1.82) is 0 Å². The van der Waals surface area contributed by atoms with Crippen LogP contribution < -0.4 is 0 Å². The summed E-state index contributed by atoms with van der Waals surface area (Å²) in [5.74, 6) is 0.122. The molecule has 4 rings (SSSR count). The van der Waals surface area contributed by atoms with Crippen molar-refractivity contribution in [2.45, 2.75) is 44.5 Å². The number of hydrogen-bond acceptors (Lipinski definition) is 4. The van der Waals surface area contributed by atoms with Crippen LogP contribution in [0.2, 0.25) is 0 Å². The zero-order valence-corrected chi connectivity index (χ0v) is 16.0. The molecule has 0 spiro atoms. The highest BCUT2D eigenvalue weighted by molar-refractivity contribution is 5.89. The van der Waals surface area contributed by atoms with Crippen molar-refractivity contribution in [1.82, 2.24) is 14.8 Å². The molecule has 2 saturated heterocycles. The number of carbonyl (C=O) groups is 1. The lowest BCUT2D eigenvalue weighted by Crippen LogP contribution is -2.64. The van der Waals surface area contributed by atoms with Gasteiger partial charge in [-0.1, -0.05) is 29.8 Å². The summed E-state index contributed by atoms with van der Waals surface area (Å²) in [6, 6.07) is 13.0. The van der Waals surface area contributed by atoms with Gasteiger partial charge in [-0.15, -0.1) is 0 Å². The zero-order valence-electron chi connectivity index (χ0n) is 16.0. The van der Waals surface area contributed by atoms with Crippen LogP contribution in [-0.4, -0.2) is 53.0 Å². The van der Waals surface area contributed by atoms with Crippen LogP contribution in [0.4, 0.5) is 0 Å². The van der Waals surface area contributed by atoms with Gasteiger partial charge >= 0.3 is 0 Å². The average Bonchev–Trinajstić information content (AvgIpc) is 2.68. The highest BCUT2D eigenvalue weighted by Crippen LogP contribution is 2.40. The molecule has 142 valence electrons. The summed E-state index contributed by atoms with van der Waals surface area (Å²) in [6.07, 6.45) is 5.23. The van der Waals surface area contributed by atoms with E-state index < -0.39 is 0 Å². The quantitative estimate of drug-likeness (QED) is 0.765. The second kappa shape index (κ2) is 7.79. The van der Waals surface area contributed by atoms with E-state index in [9.17, 15) is 4.79 Å². The van der Waals surface area contributed by atoms with E-state index in [1.165, 1.54) is 11.1 Å². The molecule has 2 aliphatic heterocycles. The molecular weight excluding hydrogens is 338 g/mol. The molecule has 2 aliphatic rings. The second-order valence-electron chi connectivity index (χ2n) is 7.62. The van der Waals surface area contributed by atoms with Gasteiger partial charge in [0.1, 0.15) is 0 Å². The van der Waals surface area contributed by atoms with Crippen LogP contribution in [0.3, 0.4) is 0 Å². The lowest BCUT2D eigenvalue weighted by atomic mass is 9.86. The average molecular weight is 365 g/mol. The van der Waals surface area contributed by atoms with Crippen molar-refractivity contribution in [3.8, 4) is 0 Å². The summed E-state index contributed by atoms with van der Waals surface area (Å²) in [6.45, 7) is 5.15. The molecule has 1 aromatic heterocycles. The van der Waals surface area contributed by atoms with Crippen molar-refractivity contribution in [3.63, 3.8) is 0 Å². The van der Waals surface area contributed by atoms with E-state index in [4.69, 9.17) is 4.74 Å². The Morgan fingerprint density at radius 3 is 2.56 bits per heavy atom. The van der Waals surface area contributed by atoms with E-state index in [1.807, 2.05) is 17.0 Å².